The lowest BCUT2D eigenvalue weighted by molar-refractivity contribution is -0.0227. The fourth-order valence-electron chi connectivity index (χ4n) is 5.39. The first-order valence-electron chi connectivity index (χ1n) is 12.4. The molecule has 2 aromatic carbocycles. The Morgan fingerprint density at radius 2 is 2.14 bits per heavy atom. The second kappa shape index (κ2) is 9.08. The summed E-state index contributed by atoms with van der Waals surface area (Å²) in [6.07, 6.45) is 5.94. The molecular formula is C28H27FN6O2. The fourth-order valence-corrected chi connectivity index (χ4v) is 5.39. The van der Waals surface area contributed by atoms with Crippen LogP contribution in [-0.4, -0.2) is 47.6 Å². The Morgan fingerprint density at radius 3 is 3.00 bits per heavy atom. The molecular weight excluding hydrogens is 471 g/mol. The van der Waals surface area contributed by atoms with E-state index in [2.05, 4.69) is 25.6 Å². The average molecular weight is 499 g/mol. The zero-order valence-electron chi connectivity index (χ0n) is 20.4. The topological polar surface area (TPSA) is 109 Å². The molecule has 0 saturated heterocycles. The van der Waals surface area contributed by atoms with Crippen molar-refractivity contribution >= 4 is 27.7 Å². The van der Waals surface area contributed by atoms with Crippen molar-refractivity contribution in [1.29, 1.82) is 0 Å². The molecule has 188 valence electrons. The van der Waals surface area contributed by atoms with E-state index in [1.54, 1.807) is 29.2 Å². The number of carbonyl (C=O) groups excluding carboxylic acids is 1. The van der Waals surface area contributed by atoms with E-state index in [0.717, 1.165) is 46.1 Å². The molecule has 3 N–H and O–H groups in total. The van der Waals surface area contributed by atoms with Crippen molar-refractivity contribution in [2.45, 2.75) is 50.8 Å². The number of aromatic nitrogens is 5. The van der Waals surface area contributed by atoms with Gasteiger partial charge < -0.3 is 10.4 Å². The normalized spacial score (nSPS) is 19.9. The number of nitrogens with one attached hydrogen (secondary N) is 2. The van der Waals surface area contributed by atoms with Crippen LogP contribution in [0.2, 0.25) is 0 Å². The minimum Gasteiger partial charge on any atom is -0.388 e. The summed E-state index contributed by atoms with van der Waals surface area (Å²) >= 11 is 0. The zero-order valence-corrected chi connectivity index (χ0v) is 20.4. The quantitative estimate of drug-likeness (QED) is 0.330. The van der Waals surface area contributed by atoms with Crippen molar-refractivity contribution in [3.63, 3.8) is 0 Å². The molecule has 1 aliphatic rings. The summed E-state index contributed by atoms with van der Waals surface area (Å²) in [5, 5.41) is 28.0. The minimum atomic E-state index is -1.05. The molecule has 37 heavy (non-hydrogen) atoms. The SMILES string of the molecule is Cc1cc(-c2n[nH]c3ccc(C(=O)N[C@H]4CCC[C@@](O)(Cn5ncc6ccc(F)cc65)C4)cc23)ccn1. The van der Waals surface area contributed by atoms with Crippen LogP contribution in [0.1, 0.15) is 41.7 Å². The molecule has 0 spiro atoms. The van der Waals surface area contributed by atoms with E-state index >= 15 is 0 Å². The Labute approximate surface area is 212 Å². The van der Waals surface area contributed by atoms with Crippen LogP contribution in [0, 0.1) is 12.7 Å². The van der Waals surface area contributed by atoms with E-state index < -0.39 is 5.60 Å². The van der Waals surface area contributed by atoms with Crippen LogP contribution < -0.4 is 5.32 Å². The van der Waals surface area contributed by atoms with E-state index in [9.17, 15) is 14.3 Å². The second-order valence-corrected chi connectivity index (χ2v) is 10.0. The van der Waals surface area contributed by atoms with Crippen molar-refractivity contribution in [3.05, 3.63) is 78.0 Å². The predicted molar refractivity (Wildman–Crippen MR) is 138 cm³/mol. The highest BCUT2D eigenvalue weighted by molar-refractivity contribution is 6.01. The number of H-pyrrole nitrogens is 1. The largest absolute Gasteiger partial charge is 0.388 e. The van der Waals surface area contributed by atoms with Crippen LogP contribution in [0.25, 0.3) is 33.1 Å². The van der Waals surface area contributed by atoms with Gasteiger partial charge in [0, 0.05) is 39.8 Å². The van der Waals surface area contributed by atoms with Gasteiger partial charge in [-0.15, -0.1) is 0 Å². The third kappa shape index (κ3) is 4.58. The summed E-state index contributed by atoms with van der Waals surface area (Å²) < 4.78 is 15.4. The summed E-state index contributed by atoms with van der Waals surface area (Å²) in [5.74, 6) is -0.535. The van der Waals surface area contributed by atoms with Gasteiger partial charge in [0.05, 0.1) is 29.4 Å². The highest BCUT2D eigenvalue weighted by Gasteiger charge is 2.36. The Balaban J connectivity index is 1.20. The number of aromatic amines is 1. The number of carbonyl (C=O) groups is 1. The van der Waals surface area contributed by atoms with Crippen LogP contribution >= 0.6 is 0 Å². The minimum absolute atomic E-state index is 0.188. The van der Waals surface area contributed by atoms with Gasteiger partial charge in [0.1, 0.15) is 11.5 Å². The summed E-state index contributed by atoms with van der Waals surface area (Å²) in [7, 11) is 0. The first kappa shape index (κ1) is 23.3. The molecule has 0 radical (unpaired) electrons. The van der Waals surface area contributed by atoms with Gasteiger partial charge in [0.15, 0.2) is 0 Å². The maximum atomic E-state index is 13.8. The zero-order chi connectivity index (χ0) is 25.6. The van der Waals surface area contributed by atoms with Crippen LogP contribution in [0.5, 0.6) is 0 Å². The van der Waals surface area contributed by atoms with Crippen molar-refractivity contribution in [2.24, 2.45) is 0 Å². The molecule has 1 amide bonds. The van der Waals surface area contributed by atoms with E-state index in [-0.39, 0.29) is 24.3 Å². The molecule has 3 heterocycles. The molecule has 5 aromatic rings. The lowest BCUT2D eigenvalue weighted by Gasteiger charge is -2.37. The standard InChI is InChI=1S/C28H27FN6O2/c1-17-11-18(8-10-30-17)26-23-12-19(5-7-24(23)33-34-26)27(36)32-22-3-2-9-28(37,14-22)16-35-25-13-21(29)6-4-20(25)15-31-35/h4-8,10-13,15,22,37H,2-3,9,14,16H2,1H3,(H,32,36)(H,33,34)/t22-,28-/m0/s1. The van der Waals surface area contributed by atoms with Crippen molar-refractivity contribution < 1.29 is 14.3 Å². The molecule has 0 unspecified atom stereocenters. The molecule has 0 bridgehead atoms. The molecule has 9 heteroatoms. The summed E-state index contributed by atoms with van der Waals surface area (Å²) in [6.45, 7) is 2.16. The fraction of sp³-hybridized carbons (Fsp3) is 0.286. The number of nitrogens with zero attached hydrogens (tertiary/aromatic N) is 4. The number of halogens is 1. The van der Waals surface area contributed by atoms with E-state index in [1.165, 1.54) is 12.1 Å². The third-order valence-corrected chi connectivity index (χ3v) is 7.20. The Morgan fingerprint density at radius 1 is 1.24 bits per heavy atom. The molecule has 1 fully saturated rings. The highest BCUT2D eigenvalue weighted by Crippen LogP contribution is 2.32. The number of benzene rings is 2. The number of aliphatic hydroxyl groups is 1. The molecule has 1 aliphatic carbocycles. The Bertz CT molecular complexity index is 1630. The van der Waals surface area contributed by atoms with E-state index in [1.807, 2.05) is 31.2 Å². The lowest BCUT2D eigenvalue weighted by atomic mass is 9.81. The van der Waals surface area contributed by atoms with Gasteiger partial charge in [-0.3, -0.25) is 19.6 Å². The van der Waals surface area contributed by atoms with Crippen molar-refractivity contribution in [3.8, 4) is 11.3 Å². The van der Waals surface area contributed by atoms with Gasteiger partial charge in [-0.1, -0.05) is 0 Å². The smallest absolute Gasteiger partial charge is 0.251 e. The number of pyridine rings is 1. The maximum Gasteiger partial charge on any atom is 0.251 e. The predicted octanol–water partition coefficient (Wildman–Crippen LogP) is 4.53. The number of amides is 1. The third-order valence-electron chi connectivity index (χ3n) is 7.20. The molecule has 6 rings (SSSR count). The lowest BCUT2D eigenvalue weighted by Crippen LogP contribution is -2.47. The monoisotopic (exact) mass is 498 g/mol. The van der Waals surface area contributed by atoms with Crippen LogP contribution in [0.15, 0.2) is 60.9 Å². The molecule has 2 atom stereocenters. The first-order chi connectivity index (χ1) is 17.9. The van der Waals surface area contributed by atoms with Crippen LogP contribution in [0.3, 0.4) is 0 Å². The molecule has 1 saturated carbocycles. The van der Waals surface area contributed by atoms with Crippen LogP contribution in [0.4, 0.5) is 4.39 Å². The van der Waals surface area contributed by atoms with Gasteiger partial charge in [-0.25, -0.2) is 4.39 Å². The molecule has 8 nitrogen and oxygen atoms in total. The van der Waals surface area contributed by atoms with E-state index in [0.29, 0.717) is 23.9 Å². The highest BCUT2D eigenvalue weighted by atomic mass is 19.1. The maximum absolute atomic E-state index is 13.8. The van der Waals surface area contributed by atoms with Crippen molar-refractivity contribution in [2.75, 3.05) is 0 Å². The summed E-state index contributed by atoms with van der Waals surface area (Å²) in [4.78, 5) is 17.5. The second-order valence-electron chi connectivity index (χ2n) is 10.0. The van der Waals surface area contributed by atoms with E-state index in [4.69, 9.17) is 0 Å². The number of hydrogen-bond acceptors (Lipinski definition) is 5. The van der Waals surface area contributed by atoms with Gasteiger partial charge in [0.2, 0.25) is 0 Å². The number of hydrogen-bond donors (Lipinski definition) is 3. The first-order valence-corrected chi connectivity index (χ1v) is 12.4. The summed E-state index contributed by atoms with van der Waals surface area (Å²) in [6, 6.07) is 13.7. The van der Waals surface area contributed by atoms with Gasteiger partial charge >= 0.3 is 0 Å². The van der Waals surface area contributed by atoms with Gasteiger partial charge in [0.25, 0.3) is 5.91 Å². The molecule has 0 aliphatic heterocycles. The van der Waals surface area contributed by atoms with Crippen LogP contribution in [-0.2, 0) is 6.54 Å². The molecule has 3 aromatic heterocycles. The van der Waals surface area contributed by atoms with Crippen molar-refractivity contribution in [1.82, 2.24) is 30.3 Å². The average Bonchev–Trinajstić information content (AvgIpc) is 3.47. The number of rotatable bonds is 5. The Kier molecular flexibility index (Phi) is 5.72. The van der Waals surface area contributed by atoms with Gasteiger partial charge in [-0.2, -0.15) is 10.2 Å². The summed E-state index contributed by atoms with van der Waals surface area (Å²) in [5.41, 5.74) is 3.56. The Hall–Kier alpha value is -4.11. The number of fused-ring (bicyclic) bond motifs is 2. The van der Waals surface area contributed by atoms with Gasteiger partial charge in [-0.05, 0) is 81.1 Å². The number of aryl methyl sites for hydroxylation is 1.